The summed E-state index contributed by atoms with van der Waals surface area (Å²) in [6.45, 7) is 6.06. The highest BCUT2D eigenvalue weighted by Gasteiger charge is 2.23. The Bertz CT molecular complexity index is 1430. The van der Waals surface area contributed by atoms with Crippen LogP contribution in [0.2, 0.25) is 5.02 Å². The Morgan fingerprint density at radius 2 is 1.84 bits per heavy atom. The standard InChI is InChI=1S/C27H27ClN4O4S2/c1-5-35-26(34)23-20(18-9-7-6-8-10-18)14-37-25(23)29-22(33)15-38-27-31-30-21(32(27)4)13-36-19-11-16(2)24(28)17(3)12-19/h6-12,14H,5,13,15H2,1-4H3,(H,29,33). The van der Waals surface area contributed by atoms with Gasteiger partial charge in [-0.3, -0.25) is 4.79 Å². The molecule has 198 valence electrons. The Hall–Kier alpha value is -3.34. The van der Waals surface area contributed by atoms with Gasteiger partial charge in [0.15, 0.2) is 11.0 Å². The molecule has 0 radical (unpaired) electrons. The first-order valence-corrected chi connectivity index (χ1v) is 14.1. The zero-order chi connectivity index (χ0) is 27.2. The molecule has 11 heteroatoms. The highest BCUT2D eigenvalue weighted by Crippen LogP contribution is 2.36. The van der Waals surface area contributed by atoms with Crippen molar-refractivity contribution in [2.45, 2.75) is 32.5 Å². The van der Waals surface area contributed by atoms with Crippen molar-refractivity contribution in [2.75, 3.05) is 17.7 Å². The summed E-state index contributed by atoms with van der Waals surface area (Å²) < 4.78 is 12.9. The number of thiophene rings is 1. The predicted molar refractivity (Wildman–Crippen MR) is 151 cm³/mol. The Morgan fingerprint density at radius 1 is 1.13 bits per heavy atom. The molecular weight excluding hydrogens is 544 g/mol. The topological polar surface area (TPSA) is 95.3 Å². The van der Waals surface area contributed by atoms with Crippen LogP contribution in [0.25, 0.3) is 11.1 Å². The van der Waals surface area contributed by atoms with E-state index in [0.29, 0.717) is 27.3 Å². The lowest BCUT2D eigenvalue weighted by Gasteiger charge is -2.10. The van der Waals surface area contributed by atoms with Crippen LogP contribution in [0.5, 0.6) is 5.75 Å². The number of nitrogens with one attached hydrogen (secondary N) is 1. The average Bonchev–Trinajstić information content (AvgIpc) is 3.48. The van der Waals surface area contributed by atoms with Gasteiger partial charge in [-0.05, 0) is 49.6 Å². The van der Waals surface area contributed by atoms with Crippen LogP contribution >= 0.6 is 34.7 Å². The minimum atomic E-state index is -0.473. The Labute approximate surface area is 234 Å². The molecule has 0 aliphatic heterocycles. The van der Waals surface area contributed by atoms with Gasteiger partial charge >= 0.3 is 5.97 Å². The molecule has 4 rings (SSSR count). The number of carbonyl (C=O) groups is 2. The molecule has 0 bridgehead atoms. The van der Waals surface area contributed by atoms with Crippen LogP contribution in [0, 0.1) is 13.8 Å². The highest BCUT2D eigenvalue weighted by atomic mass is 35.5. The van der Waals surface area contributed by atoms with Crippen molar-refractivity contribution < 1.29 is 19.1 Å². The van der Waals surface area contributed by atoms with Gasteiger partial charge in [-0.25, -0.2) is 4.79 Å². The first-order chi connectivity index (χ1) is 18.3. The number of ether oxygens (including phenoxy) is 2. The Kier molecular flexibility index (Phi) is 9.09. The molecule has 2 heterocycles. The Balaban J connectivity index is 1.40. The number of nitrogens with zero attached hydrogens (tertiary/aromatic N) is 3. The average molecular weight is 571 g/mol. The van der Waals surface area contributed by atoms with Crippen molar-refractivity contribution in [3.8, 4) is 16.9 Å². The number of aryl methyl sites for hydroxylation is 2. The third kappa shape index (κ3) is 6.38. The Morgan fingerprint density at radius 3 is 2.53 bits per heavy atom. The lowest BCUT2D eigenvalue weighted by molar-refractivity contribution is -0.113. The maximum absolute atomic E-state index is 12.8. The fourth-order valence-corrected chi connectivity index (χ4v) is 5.53. The molecule has 4 aromatic rings. The molecule has 0 saturated carbocycles. The number of benzene rings is 2. The quantitative estimate of drug-likeness (QED) is 0.176. The third-order valence-corrected chi connectivity index (χ3v) is 8.16. The van der Waals surface area contributed by atoms with Crippen molar-refractivity contribution in [3.63, 3.8) is 0 Å². The number of halogens is 1. The number of carbonyl (C=O) groups excluding carboxylic acids is 2. The van der Waals surface area contributed by atoms with Crippen LogP contribution in [0.1, 0.15) is 34.2 Å². The van der Waals surface area contributed by atoms with Gasteiger partial charge in [0.1, 0.15) is 22.9 Å². The van der Waals surface area contributed by atoms with E-state index < -0.39 is 5.97 Å². The van der Waals surface area contributed by atoms with E-state index in [9.17, 15) is 9.59 Å². The van der Waals surface area contributed by atoms with Crippen molar-refractivity contribution in [1.29, 1.82) is 0 Å². The molecule has 0 spiro atoms. The van der Waals surface area contributed by atoms with Crippen LogP contribution in [-0.2, 0) is 23.2 Å². The molecule has 1 N–H and O–H groups in total. The SMILES string of the molecule is CCOC(=O)c1c(-c2ccccc2)csc1NC(=O)CSc1nnc(COc2cc(C)c(Cl)c(C)c2)n1C. The van der Waals surface area contributed by atoms with E-state index in [1.807, 2.05) is 68.7 Å². The maximum Gasteiger partial charge on any atom is 0.341 e. The number of aromatic nitrogens is 3. The molecule has 38 heavy (non-hydrogen) atoms. The van der Waals surface area contributed by atoms with Gasteiger partial charge < -0.3 is 19.4 Å². The number of rotatable bonds is 10. The number of hydrogen-bond acceptors (Lipinski definition) is 8. The molecule has 0 saturated heterocycles. The molecule has 2 aromatic heterocycles. The zero-order valence-electron chi connectivity index (χ0n) is 21.4. The van der Waals surface area contributed by atoms with Crippen LogP contribution < -0.4 is 10.1 Å². The van der Waals surface area contributed by atoms with Gasteiger partial charge in [0.05, 0.1) is 12.4 Å². The molecule has 0 aliphatic rings. The summed E-state index contributed by atoms with van der Waals surface area (Å²) in [5.41, 5.74) is 3.83. The van der Waals surface area contributed by atoms with Gasteiger partial charge in [-0.2, -0.15) is 0 Å². The number of amides is 1. The normalized spacial score (nSPS) is 10.9. The van der Waals surface area contributed by atoms with Gasteiger partial charge in [-0.15, -0.1) is 21.5 Å². The predicted octanol–water partition coefficient (Wildman–Crippen LogP) is 6.30. The summed E-state index contributed by atoms with van der Waals surface area (Å²) in [7, 11) is 1.82. The second-order valence-corrected chi connectivity index (χ2v) is 10.6. The van der Waals surface area contributed by atoms with Crippen LogP contribution in [0.3, 0.4) is 0 Å². The highest BCUT2D eigenvalue weighted by molar-refractivity contribution is 7.99. The van der Waals surface area contributed by atoms with Gasteiger partial charge in [0, 0.05) is 23.0 Å². The lowest BCUT2D eigenvalue weighted by Crippen LogP contribution is -2.16. The van der Waals surface area contributed by atoms with E-state index in [1.54, 1.807) is 11.5 Å². The number of anilines is 1. The van der Waals surface area contributed by atoms with Crippen molar-refractivity contribution in [2.24, 2.45) is 7.05 Å². The second kappa shape index (κ2) is 12.5. The first kappa shape index (κ1) is 27.7. The fourth-order valence-electron chi connectivity index (χ4n) is 3.71. The van der Waals surface area contributed by atoms with Crippen LogP contribution in [-0.4, -0.2) is 39.0 Å². The van der Waals surface area contributed by atoms with E-state index in [2.05, 4.69) is 15.5 Å². The zero-order valence-corrected chi connectivity index (χ0v) is 23.8. The van der Waals surface area contributed by atoms with Crippen molar-refractivity contribution in [1.82, 2.24) is 14.8 Å². The van der Waals surface area contributed by atoms with Gasteiger partial charge in [0.2, 0.25) is 5.91 Å². The van der Waals surface area contributed by atoms with Crippen LogP contribution in [0.15, 0.2) is 53.0 Å². The number of esters is 1. The van der Waals surface area contributed by atoms with Crippen molar-refractivity contribution in [3.05, 3.63) is 75.4 Å². The summed E-state index contributed by atoms with van der Waals surface area (Å²) in [5.74, 6) is 0.663. The summed E-state index contributed by atoms with van der Waals surface area (Å²) >= 11 is 8.77. The maximum atomic E-state index is 12.8. The molecule has 0 unspecified atom stereocenters. The summed E-state index contributed by atoms with van der Waals surface area (Å²) in [5, 5.41) is 14.9. The fraction of sp³-hybridized carbons (Fsp3) is 0.259. The molecule has 1 amide bonds. The molecule has 2 aromatic carbocycles. The molecule has 0 atom stereocenters. The van der Waals surface area contributed by atoms with Crippen LogP contribution in [0.4, 0.5) is 5.00 Å². The summed E-state index contributed by atoms with van der Waals surface area (Å²) in [6.07, 6.45) is 0. The minimum absolute atomic E-state index is 0.0865. The molecule has 8 nitrogen and oxygen atoms in total. The van der Waals surface area contributed by atoms with E-state index >= 15 is 0 Å². The summed E-state index contributed by atoms with van der Waals surface area (Å²) in [4.78, 5) is 25.5. The van der Waals surface area contributed by atoms with E-state index in [0.717, 1.165) is 27.3 Å². The molecule has 0 aliphatic carbocycles. The van der Waals surface area contributed by atoms with E-state index in [1.165, 1.54) is 23.1 Å². The monoisotopic (exact) mass is 570 g/mol. The number of hydrogen-bond donors (Lipinski definition) is 1. The van der Waals surface area contributed by atoms with E-state index in [-0.39, 0.29) is 24.9 Å². The first-order valence-electron chi connectivity index (χ1n) is 11.8. The molecule has 0 fully saturated rings. The minimum Gasteiger partial charge on any atom is -0.486 e. The summed E-state index contributed by atoms with van der Waals surface area (Å²) in [6, 6.07) is 13.3. The van der Waals surface area contributed by atoms with Gasteiger partial charge in [-0.1, -0.05) is 53.7 Å². The van der Waals surface area contributed by atoms with Gasteiger partial charge in [0.25, 0.3) is 0 Å². The second-order valence-electron chi connectivity index (χ2n) is 8.39. The van der Waals surface area contributed by atoms with Crippen molar-refractivity contribution >= 4 is 51.6 Å². The number of thioether (sulfide) groups is 1. The largest absolute Gasteiger partial charge is 0.486 e. The third-order valence-electron chi connectivity index (χ3n) is 5.64. The van der Waals surface area contributed by atoms with E-state index in [4.69, 9.17) is 21.1 Å². The molecular formula is C27H27ClN4O4S2. The lowest BCUT2D eigenvalue weighted by atomic mass is 10.0. The smallest absolute Gasteiger partial charge is 0.341 e.